The summed E-state index contributed by atoms with van der Waals surface area (Å²) in [4.78, 5) is 34.5. The third-order valence-electron chi connectivity index (χ3n) is 9.49. The third-order valence-corrected chi connectivity index (χ3v) is 9.49. The molecule has 0 bridgehead atoms. The molecule has 0 spiro atoms. The minimum absolute atomic E-state index is 0.143. The van der Waals surface area contributed by atoms with E-state index in [4.69, 9.17) is 23.8 Å². The number of nitrogens with zero attached hydrogens (tertiary/aromatic N) is 2. The maximum atomic E-state index is 14.1. The molecule has 0 aromatic heterocycles. The molecule has 1 saturated heterocycles. The number of ether oxygens (including phenoxy) is 4. The van der Waals surface area contributed by atoms with Crippen LogP contribution >= 0.6 is 0 Å². The maximum Gasteiger partial charge on any atom is 0.328 e. The van der Waals surface area contributed by atoms with E-state index in [1.165, 1.54) is 7.11 Å². The van der Waals surface area contributed by atoms with Crippen molar-refractivity contribution in [2.24, 2.45) is 11.1 Å². The number of hydrogen-bond acceptors (Lipinski definition) is 8. The average molecular weight is 689 g/mol. The molecule has 1 fully saturated rings. The summed E-state index contributed by atoms with van der Waals surface area (Å²) in [6.45, 7) is 4.30. The van der Waals surface area contributed by atoms with E-state index in [-0.39, 0.29) is 30.6 Å². The van der Waals surface area contributed by atoms with Crippen molar-refractivity contribution < 1.29 is 33.4 Å². The molecule has 9 nitrogen and oxygen atoms in total. The second-order valence-corrected chi connectivity index (χ2v) is 13.0. The zero-order valence-electron chi connectivity index (χ0n) is 29.4. The normalized spacial score (nSPS) is 23.1. The number of aryl methyl sites for hydroxylation is 1. The average Bonchev–Trinajstić information content (AvgIpc) is 3.17. The molecule has 4 aromatic carbocycles. The molecule has 0 unspecified atom stereocenters. The molecule has 6 rings (SSSR count). The van der Waals surface area contributed by atoms with Gasteiger partial charge in [-0.3, -0.25) is 4.79 Å². The van der Waals surface area contributed by atoms with Crippen LogP contribution in [0.2, 0.25) is 0 Å². The van der Waals surface area contributed by atoms with E-state index in [2.05, 4.69) is 12.1 Å². The Bertz CT molecular complexity index is 1810. The number of carbonyl (C=O) groups excluding carboxylic acids is 2. The van der Waals surface area contributed by atoms with E-state index in [9.17, 15) is 9.59 Å². The van der Waals surface area contributed by atoms with Gasteiger partial charge in [0.15, 0.2) is 0 Å². The van der Waals surface area contributed by atoms with Gasteiger partial charge in [-0.15, -0.1) is 0 Å². The highest BCUT2D eigenvalue weighted by Crippen LogP contribution is 2.40. The Kier molecular flexibility index (Phi) is 11.5. The lowest BCUT2D eigenvalue weighted by Gasteiger charge is -2.44. The molecule has 0 radical (unpaired) electrons. The summed E-state index contributed by atoms with van der Waals surface area (Å²) in [7, 11) is 2.99. The molecule has 2 aliphatic heterocycles. The molecule has 0 N–H and O–H groups in total. The number of piperidine rings is 1. The van der Waals surface area contributed by atoms with E-state index in [0.717, 1.165) is 34.4 Å². The first kappa shape index (κ1) is 35.4. The van der Waals surface area contributed by atoms with Gasteiger partial charge in [0.05, 0.1) is 26.5 Å². The largest absolute Gasteiger partial charge is 0.497 e. The van der Waals surface area contributed by atoms with E-state index in [1.54, 1.807) is 30.4 Å². The second-order valence-electron chi connectivity index (χ2n) is 13.0. The number of oxime groups is 1. The van der Waals surface area contributed by atoms with Crippen molar-refractivity contribution in [3.8, 4) is 11.5 Å². The molecule has 51 heavy (non-hydrogen) atoms. The highest BCUT2D eigenvalue weighted by Gasteiger charge is 2.43. The first-order chi connectivity index (χ1) is 24.8. The van der Waals surface area contributed by atoms with Gasteiger partial charge in [-0.25, -0.2) is 4.79 Å². The molecule has 4 aromatic rings. The van der Waals surface area contributed by atoms with E-state index in [1.807, 2.05) is 110 Å². The van der Waals surface area contributed by atoms with Gasteiger partial charge in [0, 0.05) is 5.56 Å². The molecule has 2 aliphatic rings. The highest BCUT2D eigenvalue weighted by molar-refractivity contribution is 5.98. The van der Waals surface area contributed by atoms with E-state index in [0.29, 0.717) is 17.7 Å². The van der Waals surface area contributed by atoms with Crippen molar-refractivity contribution >= 4 is 18.1 Å². The van der Waals surface area contributed by atoms with Crippen LogP contribution in [0.3, 0.4) is 0 Å². The fourth-order valence-corrected chi connectivity index (χ4v) is 6.69. The molecule has 0 saturated carbocycles. The smallest absolute Gasteiger partial charge is 0.328 e. The fourth-order valence-electron chi connectivity index (χ4n) is 6.69. The topological polar surface area (TPSA) is 95.9 Å². The molecular formula is C42H44N2O7. The van der Waals surface area contributed by atoms with E-state index < -0.39 is 24.2 Å². The predicted octanol–water partition coefficient (Wildman–Crippen LogP) is 7.65. The van der Waals surface area contributed by atoms with Crippen LogP contribution in [-0.2, 0) is 19.1 Å². The lowest BCUT2D eigenvalue weighted by molar-refractivity contribution is -0.149. The summed E-state index contributed by atoms with van der Waals surface area (Å²) < 4.78 is 23.1. The molecule has 2 heterocycles. The lowest BCUT2D eigenvalue weighted by Crippen LogP contribution is -2.52. The Hall–Kier alpha value is -5.41. The van der Waals surface area contributed by atoms with Crippen LogP contribution in [0.4, 0.5) is 0 Å². The first-order valence-corrected chi connectivity index (χ1v) is 17.3. The maximum absolute atomic E-state index is 14.1. The first-order valence-electron chi connectivity index (χ1n) is 17.3. The van der Waals surface area contributed by atoms with Gasteiger partial charge in [0.2, 0.25) is 0 Å². The number of benzene rings is 4. The summed E-state index contributed by atoms with van der Waals surface area (Å²) in [6, 6.07) is 31.7. The Balaban J connectivity index is 1.14. The van der Waals surface area contributed by atoms with Crippen molar-refractivity contribution in [1.29, 1.82) is 0 Å². The summed E-state index contributed by atoms with van der Waals surface area (Å²) in [5, 5.41) is 4.22. The van der Waals surface area contributed by atoms with Crippen molar-refractivity contribution in [1.82, 2.24) is 4.90 Å². The fraction of sp³-hybridized carbons (Fsp3) is 0.310. The lowest BCUT2D eigenvalue weighted by atomic mass is 9.82. The minimum atomic E-state index is -0.671. The van der Waals surface area contributed by atoms with Crippen LogP contribution in [0.25, 0.3) is 0 Å². The number of methoxy groups -OCH3 is 2. The van der Waals surface area contributed by atoms with Crippen LogP contribution in [-0.4, -0.2) is 62.1 Å². The second kappa shape index (κ2) is 16.5. The van der Waals surface area contributed by atoms with E-state index >= 15 is 0 Å². The van der Waals surface area contributed by atoms with Gasteiger partial charge in [-0.05, 0) is 84.8 Å². The van der Waals surface area contributed by atoms with Crippen LogP contribution < -0.4 is 9.47 Å². The van der Waals surface area contributed by atoms with Crippen LogP contribution in [0.15, 0.2) is 120 Å². The quantitative estimate of drug-likeness (QED) is 0.0691. The number of esters is 1. The number of amides is 1. The van der Waals surface area contributed by atoms with Gasteiger partial charge in [0.25, 0.3) is 5.91 Å². The summed E-state index contributed by atoms with van der Waals surface area (Å²) >= 11 is 0. The Morgan fingerprint density at radius 1 is 0.843 bits per heavy atom. The molecule has 9 heteroatoms. The number of rotatable bonds is 11. The number of likely N-dealkylation sites (tertiary alicyclic amines) is 1. The summed E-state index contributed by atoms with van der Waals surface area (Å²) in [5.74, 6) is 0.955. The summed E-state index contributed by atoms with van der Waals surface area (Å²) in [5.41, 5.74) is 4.38. The number of carbonyl (C=O) groups is 2. The number of hydrogen-bond donors (Lipinski definition) is 0. The van der Waals surface area contributed by atoms with Gasteiger partial charge < -0.3 is 28.7 Å². The van der Waals surface area contributed by atoms with Crippen molar-refractivity contribution in [3.63, 3.8) is 0 Å². The van der Waals surface area contributed by atoms with Crippen molar-refractivity contribution in [3.05, 3.63) is 143 Å². The monoisotopic (exact) mass is 688 g/mol. The van der Waals surface area contributed by atoms with Crippen LogP contribution in [0.5, 0.6) is 11.5 Å². The Morgan fingerprint density at radius 2 is 1.55 bits per heavy atom. The Morgan fingerprint density at radius 3 is 2.24 bits per heavy atom. The van der Waals surface area contributed by atoms with Crippen LogP contribution in [0, 0.1) is 12.8 Å². The zero-order chi connectivity index (χ0) is 35.7. The van der Waals surface area contributed by atoms with Gasteiger partial charge in [0.1, 0.15) is 42.5 Å². The summed E-state index contributed by atoms with van der Waals surface area (Å²) in [6.07, 6.45) is 5.82. The standard InChI is InChI=1S/C42H44N2O7/c1-28-10-15-32(16-11-28)40-29(2)12-23-36(42(46)48-4)44(40)41(45)33-17-13-30(14-18-33)26-43-49-27-39-38(50-35-21-19-34(47-3)20-22-35)25-24-37(51-39)31-8-6-5-7-9-31/h5-11,13-22,24-26,29,36-40H,12,23,27H2,1-4H3/t29-,36-,37-,38+,39+,40-/m0/s1. The van der Waals surface area contributed by atoms with Crippen LogP contribution in [0.1, 0.15) is 64.5 Å². The van der Waals surface area contributed by atoms with Crippen molar-refractivity contribution in [2.45, 2.75) is 57.1 Å². The SMILES string of the molecule is COC(=O)[C@@H]1CC[C@H](C)[C@@H](c2ccc(C)cc2)N1C(=O)c1ccc(C=NOC[C@H]2O[C@H](c3ccccc3)C=C[C@H]2Oc2ccc(OC)cc2)cc1. The predicted molar refractivity (Wildman–Crippen MR) is 195 cm³/mol. The molecule has 0 aliphatic carbocycles. The van der Waals surface area contributed by atoms with Gasteiger partial charge in [-0.1, -0.05) is 90.4 Å². The van der Waals surface area contributed by atoms with Crippen molar-refractivity contribution in [2.75, 3.05) is 20.8 Å². The molecular weight excluding hydrogens is 644 g/mol. The Labute approximate surface area is 299 Å². The third kappa shape index (κ3) is 8.49. The molecule has 1 amide bonds. The molecule has 6 atom stereocenters. The van der Waals surface area contributed by atoms with Gasteiger partial charge in [-0.2, -0.15) is 0 Å². The zero-order valence-corrected chi connectivity index (χ0v) is 29.4. The minimum Gasteiger partial charge on any atom is -0.497 e. The molecule has 264 valence electrons. The highest BCUT2D eigenvalue weighted by atomic mass is 16.6. The van der Waals surface area contributed by atoms with Gasteiger partial charge >= 0.3 is 5.97 Å².